The molecule has 1 atom stereocenters. The Morgan fingerprint density at radius 3 is 2.69 bits per heavy atom. The fraction of sp³-hybridized carbons (Fsp3) is 0.381. The molecule has 0 N–H and O–H groups in total. The predicted octanol–water partition coefficient (Wildman–Crippen LogP) is 3.42. The molecule has 1 saturated heterocycles. The van der Waals surface area contributed by atoms with Gasteiger partial charge in [-0.3, -0.25) is 14.8 Å². The van der Waals surface area contributed by atoms with Crippen molar-refractivity contribution >= 4 is 11.5 Å². The first-order valence-electron chi connectivity index (χ1n) is 9.87. The van der Waals surface area contributed by atoms with Crippen LogP contribution < -0.4 is 4.90 Å². The quantitative estimate of drug-likeness (QED) is 0.472. The highest BCUT2D eigenvalue weighted by Gasteiger charge is 2.25. The molecule has 0 spiro atoms. The van der Waals surface area contributed by atoms with Crippen molar-refractivity contribution in [3.8, 4) is 11.4 Å². The highest BCUT2D eigenvalue weighted by molar-refractivity contribution is 5.60. The summed E-state index contributed by atoms with van der Waals surface area (Å²) in [5.74, 6) is 2.12. The smallest absolute Gasteiger partial charge is 0.269 e. The summed E-state index contributed by atoms with van der Waals surface area (Å²) in [7, 11) is 1.94. The van der Waals surface area contributed by atoms with E-state index in [9.17, 15) is 10.1 Å². The molecule has 0 saturated carbocycles. The number of nitro groups is 1. The lowest BCUT2D eigenvalue weighted by Gasteiger charge is -2.19. The fourth-order valence-corrected chi connectivity index (χ4v) is 3.81. The topological polar surface area (TPSA) is 90.0 Å². The van der Waals surface area contributed by atoms with Gasteiger partial charge in [-0.2, -0.15) is 5.10 Å². The van der Waals surface area contributed by atoms with Crippen LogP contribution in [0.2, 0.25) is 0 Å². The maximum atomic E-state index is 10.9. The molecule has 1 unspecified atom stereocenters. The summed E-state index contributed by atoms with van der Waals surface area (Å²) in [6.07, 6.45) is 6.96. The fourth-order valence-electron chi connectivity index (χ4n) is 3.81. The standard InChI is InChI=1S/C21H24N6O2/c1-3-18-11-20(24-21(23-18)17-4-6-19(7-5-17)27(28)29)26-9-8-15(14-26)10-16-12-22-25(2)13-16/h4-7,11-13,15H,3,8-10,14H2,1-2H3. The van der Waals surface area contributed by atoms with Crippen LogP contribution in [0.3, 0.4) is 0 Å². The van der Waals surface area contributed by atoms with E-state index in [1.807, 2.05) is 17.9 Å². The van der Waals surface area contributed by atoms with Gasteiger partial charge in [0.1, 0.15) is 5.82 Å². The van der Waals surface area contributed by atoms with Crippen molar-refractivity contribution < 1.29 is 4.92 Å². The molecule has 1 aliphatic rings. The third-order valence-corrected chi connectivity index (χ3v) is 5.36. The van der Waals surface area contributed by atoms with E-state index in [2.05, 4.69) is 34.2 Å². The Labute approximate surface area is 169 Å². The van der Waals surface area contributed by atoms with Gasteiger partial charge in [0.2, 0.25) is 0 Å². The molecule has 0 amide bonds. The molecule has 1 fully saturated rings. The van der Waals surface area contributed by atoms with Gasteiger partial charge in [0.05, 0.1) is 11.1 Å². The van der Waals surface area contributed by atoms with E-state index in [1.165, 1.54) is 17.7 Å². The van der Waals surface area contributed by atoms with E-state index in [1.54, 1.807) is 12.1 Å². The van der Waals surface area contributed by atoms with Crippen molar-refractivity contribution in [3.63, 3.8) is 0 Å². The summed E-state index contributed by atoms with van der Waals surface area (Å²) in [5, 5.41) is 15.2. The summed E-state index contributed by atoms with van der Waals surface area (Å²) in [6, 6.07) is 8.48. The summed E-state index contributed by atoms with van der Waals surface area (Å²) in [4.78, 5) is 22.2. The van der Waals surface area contributed by atoms with Crippen LogP contribution in [0.15, 0.2) is 42.7 Å². The molecular weight excluding hydrogens is 368 g/mol. The van der Waals surface area contributed by atoms with E-state index >= 15 is 0 Å². The normalized spacial score (nSPS) is 16.3. The molecule has 3 heterocycles. The largest absolute Gasteiger partial charge is 0.356 e. The van der Waals surface area contributed by atoms with E-state index in [-0.39, 0.29) is 5.69 Å². The van der Waals surface area contributed by atoms with Crippen LogP contribution in [0.25, 0.3) is 11.4 Å². The molecule has 3 aromatic rings. The lowest BCUT2D eigenvalue weighted by Crippen LogP contribution is -2.22. The Morgan fingerprint density at radius 2 is 2.03 bits per heavy atom. The molecule has 2 aromatic heterocycles. The number of hydrogen-bond acceptors (Lipinski definition) is 6. The minimum Gasteiger partial charge on any atom is -0.356 e. The second-order valence-electron chi connectivity index (χ2n) is 7.53. The van der Waals surface area contributed by atoms with Crippen LogP contribution in [0.1, 0.15) is 24.6 Å². The monoisotopic (exact) mass is 392 g/mol. The first kappa shape index (κ1) is 19.0. The SMILES string of the molecule is CCc1cc(N2CCC(Cc3cnn(C)c3)C2)nc(-c2ccc([N+](=O)[O-])cc2)n1. The molecule has 1 aromatic carbocycles. The van der Waals surface area contributed by atoms with Crippen molar-refractivity contribution in [1.82, 2.24) is 19.7 Å². The molecule has 1 aliphatic heterocycles. The lowest BCUT2D eigenvalue weighted by atomic mass is 10.0. The molecule has 0 aliphatic carbocycles. The first-order valence-corrected chi connectivity index (χ1v) is 9.87. The Kier molecular flexibility index (Phi) is 5.24. The van der Waals surface area contributed by atoms with E-state index in [0.29, 0.717) is 11.7 Å². The predicted molar refractivity (Wildman–Crippen MR) is 111 cm³/mol. The highest BCUT2D eigenvalue weighted by atomic mass is 16.6. The number of non-ortho nitro benzene ring substituents is 1. The van der Waals surface area contributed by atoms with Crippen molar-refractivity contribution in [2.45, 2.75) is 26.2 Å². The van der Waals surface area contributed by atoms with Gasteiger partial charge in [-0.1, -0.05) is 6.92 Å². The molecule has 4 rings (SSSR count). The van der Waals surface area contributed by atoms with Crippen molar-refractivity contribution in [1.29, 1.82) is 0 Å². The lowest BCUT2D eigenvalue weighted by molar-refractivity contribution is -0.384. The summed E-state index contributed by atoms with van der Waals surface area (Å²) >= 11 is 0. The number of rotatable bonds is 6. The van der Waals surface area contributed by atoms with E-state index < -0.39 is 4.92 Å². The van der Waals surface area contributed by atoms with Gasteiger partial charge in [0, 0.05) is 55.8 Å². The molecule has 150 valence electrons. The van der Waals surface area contributed by atoms with Crippen LogP contribution in [0.4, 0.5) is 11.5 Å². The third kappa shape index (κ3) is 4.26. The molecule has 8 heteroatoms. The molecular formula is C21H24N6O2. The Hall–Kier alpha value is -3.29. The average Bonchev–Trinajstić information content (AvgIpc) is 3.37. The van der Waals surface area contributed by atoms with Gasteiger partial charge in [-0.25, -0.2) is 9.97 Å². The zero-order valence-corrected chi connectivity index (χ0v) is 16.7. The third-order valence-electron chi connectivity index (χ3n) is 5.36. The van der Waals surface area contributed by atoms with Crippen LogP contribution in [-0.2, 0) is 19.9 Å². The minimum absolute atomic E-state index is 0.0680. The van der Waals surface area contributed by atoms with Gasteiger partial charge in [0.15, 0.2) is 5.82 Å². The maximum absolute atomic E-state index is 10.9. The number of hydrogen-bond donors (Lipinski definition) is 0. The molecule has 0 bridgehead atoms. The summed E-state index contributed by atoms with van der Waals surface area (Å²) in [6.45, 7) is 3.99. The van der Waals surface area contributed by atoms with Crippen LogP contribution in [0.5, 0.6) is 0 Å². The number of nitrogens with zero attached hydrogens (tertiary/aromatic N) is 6. The van der Waals surface area contributed by atoms with Gasteiger partial charge < -0.3 is 4.90 Å². The first-order chi connectivity index (χ1) is 14.0. The van der Waals surface area contributed by atoms with Crippen LogP contribution in [0, 0.1) is 16.0 Å². The van der Waals surface area contributed by atoms with Gasteiger partial charge in [0.25, 0.3) is 5.69 Å². The maximum Gasteiger partial charge on any atom is 0.269 e. The molecule has 0 radical (unpaired) electrons. The Morgan fingerprint density at radius 1 is 1.24 bits per heavy atom. The Balaban J connectivity index is 1.54. The number of aryl methyl sites for hydroxylation is 2. The molecule has 29 heavy (non-hydrogen) atoms. The molecule has 8 nitrogen and oxygen atoms in total. The zero-order valence-electron chi connectivity index (χ0n) is 16.7. The van der Waals surface area contributed by atoms with Crippen LogP contribution >= 0.6 is 0 Å². The van der Waals surface area contributed by atoms with E-state index in [4.69, 9.17) is 4.98 Å². The second-order valence-corrected chi connectivity index (χ2v) is 7.53. The van der Waals surface area contributed by atoms with Gasteiger partial charge >= 0.3 is 0 Å². The highest BCUT2D eigenvalue weighted by Crippen LogP contribution is 2.28. The summed E-state index contributed by atoms with van der Waals surface area (Å²) in [5.41, 5.74) is 3.10. The second kappa shape index (κ2) is 7.98. The summed E-state index contributed by atoms with van der Waals surface area (Å²) < 4.78 is 1.84. The van der Waals surface area contributed by atoms with Gasteiger partial charge in [-0.15, -0.1) is 0 Å². The average molecular weight is 392 g/mol. The number of nitro benzene ring substituents is 1. The Bertz CT molecular complexity index is 1010. The number of aromatic nitrogens is 4. The van der Waals surface area contributed by atoms with E-state index in [0.717, 1.165) is 49.4 Å². The number of benzene rings is 1. The minimum atomic E-state index is -0.398. The van der Waals surface area contributed by atoms with Crippen LogP contribution in [-0.4, -0.2) is 37.8 Å². The van der Waals surface area contributed by atoms with Crippen molar-refractivity contribution in [3.05, 3.63) is 64.1 Å². The zero-order chi connectivity index (χ0) is 20.4. The van der Waals surface area contributed by atoms with Gasteiger partial charge in [-0.05, 0) is 42.9 Å². The number of anilines is 1. The van der Waals surface area contributed by atoms with Crippen molar-refractivity contribution in [2.75, 3.05) is 18.0 Å². The van der Waals surface area contributed by atoms with Crippen molar-refractivity contribution in [2.24, 2.45) is 13.0 Å².